The quantitative estimate of drug-likeness (QED) is 0.293. The van der Waals surface area contributed by atoms with E-state index in [1.54, 1.807) is 18.0 Å². The zero-order valence-corrected chi connectivity index (χ0v) is 24.6. The number of para-hydroxylation sites is 2. The average molecular weight is 577 g/mol. The molecule has 0 radical (unpaired) electrons. The fourth-order valence-electron chi connectivity index (χ4n) is 4.67. The van der Waals surface area contributed by atoms with Crippen molar-refractivity contribution in [3.05, 3.63) is 53.9 Å². The number of anilines is 4. The van der Waals surface area contributed by atoms with Crippen molar-refractivity contribution in [1.82, 2.24) is 14.3 Å². The van der Waals surface area contributed by atoms with Crippen LogP contribution in [0.5, 0.6) is 0 Å². The predicted octanol–water partition coefficient (Wildman–Crippen LogP) is 5.73. The summed E-state index contributed by atoms with van der Waals surface area (Å²) in [4.78, 5) is 36.4. The Morgan fingerprint density at radius 3 is 2.61 bits per heavy atom. The van der Waals surface area contributed by atoms with E-state index in [0.29, 0.717) is 53.3 Å². The van der Waals surface area contributed by atoms with Gasteiger partial charge in [0.25, 0.3) is 5.91 Å². The van der Waals surface area contributed by atoms with E-state index in [2.05, 4.69) is 30.6 Å². The minimum absolute atomic E-state index is 0.246. The minimum atomic E-state index is -0.486. The second kappa shape index (κ2) is 12.1. The molecule has 216 valence electrons. The number of hydrogen-bond donors (Lipinski definition) is 4. The standard InChI is InChI=1S/C29H36N8O3S/c1-18-25(27(41-36-18)35-24-17-30-21-7-5-6-8-22(21)34-24)26(38)33-20-9-10-23(32-16-20)31-15-19-11-13-37(14-12-19)28(39)40-29(2,3)4/h5-10,16,19,30H,11-15,17H2,1-4H3,(H,31,32)(H,33,38)(H,34,35). The number of aryl methyl sites for hydroxylation is 1. The molecule has 4 N–H and O–H groups in total. The number of hydrogen-bond acceptors (Lipinski definition) is 9. The maximum atomic E-state index is 13.2. The normalized spacial score (nSPS) is 16.4. The van der Waals surface area contributed by atoms with Gasteiger partial charge in [0.1, 0.15) is 17.3 Å². The Morgan fingerprint density at radius 2 is 1.90 bits per heavy atom. The molecular weight excluding hydrogens is 540 g/mol. The minimum Gasteiger partial charge on any atom is -0.444 e. The second-order valence-corrected chi connectivity index (χ2v) is 12.0. The topological polar surface area (TPSA) is 133 Å². The molecule has 1 aromatic carbocycles. The van der Waals surface area contributed by atoms with Crippen LogP contribution in [-0.4, -0.2) is 63.9 Å². The van der Waals surface area contributed by atoms with Gasteiger partial charge in [-0.15, -0.1) is 0 Å². The van der Waals surface area contributed by atoms with Gasteiger partial charge in [-0.3, -0.25) is 4.79 Å². The molecule has 2 aromatic heterocycles. The number of aromatic nitrogens is 2. The molecule has 2 aliphatic rings. The molecule has 0 unspecified atom stereocenters. The zero-order chi connectivity index (χ0) is 29.0. The van der Waals surface area contributed by atoms with Crippen molar-refractivity contribution >= 4 is 57.2 Å². The van der Waals surface area contributed by atoms with Gasteiger partial charge < -0.3 is 30.9 Å². The molecule has 1 fully saturated rings. The maximum Gasteiger partial charge on any atom is 0.410 e. The van der Waals surface area contributed by atoms with Crippen LogP contribution in [0, 0.1) is 12.8 Å². The molecule has 11 nitrogen and oxygen atoms in total. The van der Waals surface area contributed by atoms with E-state index in [1.807, 2.05) is 57.2 Å². The lowest BCUT2D eigenvalue weighted by Gasteiger charge is -2.33. The number of rotatable bonds is 6. The Labute approximate surface area is 244 Å². The summed E-state index contributed by atoms with van der Waals surface area (Å²) < 4.78 is 9.85. The number of ether oxygens (including phenoxy) is 1. The van der Waals surface area contributed by atoms with Crippen LogP contribution >= 0.6 is 11.5 Å². The van der Waals surface area contributed by atoms with Gasteiger partial charge >= 0.3 is 6.09 Å². The third kappa shape index (κ3) is 7.31. The van der Waals surface area contributed by atoms with E-state index in [0.717, 1.165) is 36.6 Å². The van der Waals surface area contributed by atoms with Crippen LogP contribution in [0.3, 0.4) is 0 Å². The van der Waals surface area contributed by atoms with Crippen molar-refractivity contribution in [2.75, 3.05) is 47.4 Å². The molecule has 0 atom stereocenters. The highest BCUT2D eigenvalue weighted by Gasteiger charge is 2.27. The molecule has 4 heterocycles. The summed E-state index contributed by atoms with van der Waals surface area (Å²) in [5.41, 5.74) is 3.13. The SMILES string of the molecule is Cc1nsc(N=C2CNc3ccccc3N2)c1C(=O)Nc1ccc(NCC2CCN(C(=O)OC(C)(C)C)CC2)nc1. The number of aliphatic imine (C=N–C) groups is 1. The third-order valence-corrected chi connectivity index (χ3v) is 7.65. The van der Waals surface area contributed by atoms with Crippen LogP contribution in [0.15, 0.2) is 47.6 Å². The molecule has 1 saturated heterocycles. The van der Waals surface area contributed by atoms with Crippen molar-refractivity contribution in [3.63, 3.8) is 0 Å². The number of nitrogens with one attached hydrogen (secondary N) is 4. The number of fused-ring (bicyclic) bond motifs is 1. The number of nitrogens with zero attached hydrogens (tertiary/aromatic N) is 4. The van der Waals surface area contributed by atoms with E-state index in [1.165, 1.54) is 11.5 Å². The number of pyridine rings is 1. The van der Waals surface area contributed by atoms with Gasteiger partial charge in [-0.2, -0.15) is 4.37 Å². The highest BCUT2D eigenvalue weighted by atomic mass is 32.1. The average Bonchev–Trinajstić information content (AvgIpc) is 3.31. The van der Waals surface area contributed by atoms with Crippen LogP contribution in [0.2, 0.25) is 0 Å². The van der Waals surface area contributed by atoms with Gasteiger partial charge in [0.15, 0.2) is 5.00 Å². The number of piperidine rings is 1. The first-order chi connectivity index (χ1) is 19.6. The number of benzene rings is 1. The van der Waals surface area contributed by atoms with Gasteiger partial charge in [0.05, 0.1) is 41.1 Å². The summed E-state index contributed by atoms with van der Waals surface area (Å²) in [6, 6.07) is 11.6. The van der Waals surface area contributed by atoms with E-state index in [4.69, 9.17) is 9.73 Å². The molecule has 3 aromatic rings. The molecule has 0 saturated carbocycles. The van der Waals surface area contributed by atoms with Gasteiger partial charge in [-0.1, -0.05) is 12.1 Å². The first kappa shape index (κ1) is 28.3. The number of likely N-dealkylation sites (tertiary alicyclic amines) is 1. The lowest BCUT2D eigenvalue weighted by Crippen LogP contribution is -2.42. The molecular formula is C29H36N8O3S. The monoisotopic (exact) mass is 576 g/mol. The Kier molecular flexibility index (Phi) is 8.39. The van der Waals surface area contributed by atoms with E-state index in [-0.39, 0.29) is 12.0 Å². The molecule has 41 heavy (non-hydrogen) atoms. The van der Waals surface area contributed by atoms with Crippen molar-refractivity contribution in [2.24, 2.45) is 10.9 Å². The van der Waals surface area contributed by atoms with Gasteiger partial charge in [0.2, 0.25) is 0 Å². The lowest BCUT2D eigenvalue weighted by atomic mass is 9.97. The Morgan fingerprint density at radius 1 is 1.15 bits per heavy atom. The highest BCUT2D eigenvalue weighted by molar-refractivity contribution is 7.10. The van der Waals surface area contributed by atoms with Crippen LogP contribution in [0.25, 0.3) is 0 Å². The third-order valence-electron chi connectivity index (χ3n) is 6.82. The summed E-state index contributed by atoms with van der Waals surface area (Å²) in [5.74, 6) is 1.61. The van der Waals surface area contributed by atoms with Crippen molar-refractivity contribution in [2.45, 2.75) is 46.1 Å². The second-order valence-electron chi connectivity index (χ2n) is 11.2. The summed E-state index contributed by atoms with van der Waals surface area (Å²) in [6.45, 7) is 10.1. The first-order valence-corrected chi connectivity index (χ1v) is 14.5. The van der Waals surface area contributed by atoms with E-state index >= 15 is 0 Å². The molecule has 2 amide bonds. The predicted molar refractivity (Wildman–Crippen MR) is 164 cm³/mol. The Bertz CT molecular complexity index is 1420. The van der Waals surface area contributed by atoms with Crippen LogP contribution < -0.4 is 21.3 Å². The largest absolute Gasteiger partial charge is 0.444 e. The van der Waals surface area contributed by atoms with E-state index in [9.17, 15) is 9.59 Å². The van der Waals surface area contributed by atoms with Crippen LogP contribution in [0.4, 0.5) is 32.7 Å². The smallest absolute Gasteiger partial charge is 0.410 e. The zero-order valence-electron chi connectivity index (χ0n) is 23.8. The van der Waals surface area contributed by atoms with Crippen molar-refractivity contribution < 1.29 is 14.3 Å². The summed E-state index contributed by atoms with van der Waals surface area (Å²) in [7, 11) is 0. The lowest BCUT2D eigenvalue weighted by molar-refractivity contribution is 0.0188. The van der Waals surface area contributed by atoms with Crippen LogP contribution in [0.1, 0.15) is 49.7 Å². The fourth-order valence-corrected chi connectivity index (χ4v) is 5.47. The molecule has 2 aliphatic heterocycles. The Hall–Kier alpha value is -4.19. The van der Waals surface area contributed by atoms with Crippen molar-refractivity contribution in [3.8, 4) is 0 Å². The molecule has 5 rings (SSSR count). The van der Waals surface area contributed by atoms with Gasteiger partial charge in [0, 0.05) is 19.6 Å². The van der Waals surface area contributed by atoms with Crippen LogP contribution in [-0.2, 0) is 4.74 Å². The fraction of sp³-hybridized carbons (Fsp3) is 0.414. The summed E-state index contributed by atoms with van der Waals surface area (Å²) in [6.07, 6.45) is 3.19. The maximum absolute atomic E-state index is 13.2. The molecule has 0 bridgehead atoms. The Balaban J connectivity index is 1.13. The number of carbonyl (C=O) groups excluding carboxylic acids is 2. The number of amides is 2. The van der Waals surface area contributed by atoms with Crippen molar-refractivity contribution in [1.29, 1.82) is 0 Å². The first-order valence-electron chi connectivity index (χ1n) is 13.8. The van der Waals surface area contributed by atoms with E-state index < -0.39 is 5.60 Å². The number of carbonyl (C=O) groups is 2. The van der Waals surface area contributed by atoms with Gasteiger partial charge in [-0.25, -0.2) is 14.8 Å². The highest BCUT2D eigenvalue weighted by Crippen LogP contribution is 2.31. The summed E-state index contributed by atoms with van der Waals surface area (Å²) in [5, 5.41) is 13.5. The number of amidine groups is 1. The molecule has 12 heteroatoms. The molecule has 0 spiro atoms. The summed E-state index contributed by atoms with van der Waals surface area (Å²) >= 11 is 1.20. The van der Waals surface area contributed by atoms with Gasteiger partial charge in [-0.05, 0) is 82.3 Å². The molecule has 0 aliphatic carbocycles.